The summed E-state index contributed by atoms with van der Waals surface area (Å²) < 4.78 is 0. The smallest absolute Gasteiger partial charge is 0.0334 e. The average Bonchev–Trinajstić information content (AvgIpc) is 2.41. The van der Waals surface area contributed by atoms with Crippen molar-refractivity contribution in [2.45, 2.75) is 90.6 Å². The van der Waals surface area contributed by atoms with Crippen molar-refractivity contribution in [3.05, 3.63) is 0 Å². The van der Waals surface area contributed by atoms with Crippen LogP contribution < -0.4 is 5.32 Å². The van der Waals surface area contributed by atoms with Gasteiger partial charge in [0, 0.05) is 24.7 Å². The van der Waals surface area contributed by atoms with Gasteiger partial charge < -0.3 is 5.32 Å². The third kappa shape index (κ3) is 3.76. The van der Waals surface area contributed by atoms with Gasteiger partial charge in [0.1, 0.15) is 0 Å². The zero-order valence-corrected chi connectivity index (χ0v) is 14.3. The lowest BCUT2D eigenvalue weighted by Gasteiger charge is -2.54. The van der Waals surface area contributed by atoms with Crippen molar-refractivity contribution in [1.29, 1.82) is 0 Å². The summed E-state index contributed by atoms with van der Waals surface area (Å²) >= 11 is 0. The van der Waals surface area contributed by atoms with Crippen molar-refractivity contribution in [3.63, 3.8) is 0 Å². The predicted molar refractivity (Wildman–Crippen MR) is 88.2 cm³/mol. The number of hydrogen-bond acceptors (Lipinski definition) is 2. The Hall–Kier alpha value is -0.0800. The maximum atomic E-state index is 3.90. The van der Waals surface area contributed by atoms with Crippen LogP contribution in [0.1, 0.15) is 79.1 Å². The highest BCUT2D eigenvalue weighted by Crippen LogP contribution is 2.37. The molecule has 1 aliphatic heterocycles. The van der Waals surface area contributed by atoms with E-state index in [0.29, 0.717) is 17.0 Å². The number of nitrogens with one attached hydrogen (secondary N) is 1. The lowest BCUT2D eigenvalue weighted by Crippen LogP contribution is -2.67. The highest BCUT2D eigenvalue weighted by Gasteiger charge is 2.43. The second-order valence-electron chi connectivity index (χ2n) is 8.24. The molecule has 1 aliphatic carbocycles. The molecule has 1 atom stereocenters. The van der Waals surface area contributed by atoms with Crippen LogP contribution in [0.25, 0.3) is 0 Å². The monoisotopic (exact) mass is 280 g/mol. The summed E-state index contributed by atoms with van der Waals surface area (Å²) in [5.74, 6) is 0. The van der Waals surface area contributed by atoms with Crippen LogP contribution in [0.2, 0.25) is 0 Å². The Kier molecular flexibility index (Phi) is 5.53. The number of piperazine rings is 1. The summed E-state index contributed by atoms with van der Waals surface area (Å²) in [6, 6.07) is 0.650. The van der Waals surface area contributed by atoms with Crippen molar-refractivity contribution in [3.8, 4) is 0 Å². The van der Waals surface area contributed by atoms with Crippen LogP contribution in [-0.2, 0) is 0 Å². The van der Waals surface area contributed by atoms with E-state index in [-0.39, 0.29) is 0 Å². The second-order valence-corrected chi connectivity index (χ2v) is 8.24. The van der Waals surface area contributed by atoms with Gasteiger partial charge in [0.25, 0.3) is 0 Å². The Labute approximate surface area is 126 Å². The van der Waals surface area contributed by atoms with E-state index in [0.717, 1.165) is 0 Å². The lowest BCUT2D eigenvalue weighted by molar-refractivity contribution is -0.0110. The zero-order chi connectivity index (χ0) is 14.6. The van der Waals surface area contributed by atoms with Gasteiger partial charge in [-0.05, 0) is 31.2 Å². The van der Waals surface area contributed by atoms with Gasteiger partial charge >= 0.3 is 0 Å². The summed E-state index contributed by atoms with van der Waals surface area (Å²) in [6.07, 6.45) is 11.3. The molecule has 1 spiro atoms. The van der Waals surface area contributed by atoms with Gasteiger partial charge in [-0.3, -0.25) is 4.90 Å². The molecule has 1 saturated carbocycles. The van der Waals surface area contributed by atoms with Crippen molar-refractivity contribution in [2.24, 2.45) is 5.41 Å². The van der Waals surface area contributed by atoms with Crippen molar-refractivity contribution >= 4 is 0 Å². The molecule has 1 N–H and O–H groups in total. The lowest BCUT2D eigenvalue weighted by atomic mass is 9.75. The van der Waals surface area contributed by atoms with Gasteiger partial charge in [0.2, 0.25) is 0 Å². The van der Waals surface area contributed by atoms with E-state index in [9.17, 15) is 0 Å². The minimum absolute atomic E-state index is 0.374. The molecule has 2 aliphatic rings. The molecule has 2 nitrogen and oxygen atoms in total. The van der Waals surface area contributed by atoms with E-state index in [1.165, 1.54) is 71.0 Å². The quantitative estimate of drug-likeness (QED) is 0.776. The summed E-state index contributed by atoms with van der Waals surface area (Å²) in [5.41, 5.74) is 0.868. The molecule has 2 rings (SSSR count). The third-order valence-corrected chi connectivity index (χ3v) is 5.61. The Morgan fingerprint density at radius 3 is 2.40 bits per heavy atom. The summed E-state index contributed by atoms with van der Waals surface area (Å²) in [7, 11) is 0. The zero-order valence-electron chi connectivity index (χ0n) is 14.3. The van der Waals surface area contributed by atoms with Gasteiger partial charge in [0.15, 0.2) is 0 Å². The van der Waals surface area contributed by atoms with Gasteiger partial charge in [-0.1, -0.05) is 59.8 Å². The standard InChI is InChI=1S/C18H36N2/c1-5-6-10-13-20-14-16(17(2,3)4)19-15-18(20)11-8-7-9-12-18/h16,19H,5-15H2,1-4H3. The molecule has 1 heterocycles. The summed E-state index contributed by atoms with van der Waals surface area (Å²) in [6.45, 7) is 13.3. The fourth-order valence-electron chi connectivity index (χ4n) is 4.07. The van der Waals surface area contributed by atoms with Crippen molar-refractivity contribution in [1.82, 2.24) is 10.2 Å². The van der Waals surface area contributed by atoms with Crippen LogP contribution in [0.3, 0.4) is 0 Å². The topological polar surface area (TPSA) is 15.3 Å². The fraction of sp³-hybridized carbons (Fsp3) is 1.00. The molecule has 0 aromatic heterocycles. The molecule has 20 heavy (non-hydrogen) atoms. The first kappa shape index (κ1) is 16.3. The molecule has 0 aromatic rings. The molecule has 0 amide bonds. The normalized spacial score (nSPS) is 27.9. The molecule has 2 heteroatoms. The molecule has 0 bridgehead atoms. The number of nitrogens with zero attached hydrogens (tertiary/aromatic N) is 1. The van der Waals surface area contributed by atoms with Crippen LogP contribution in [0.5, 0.6) is 0 Å². The summed E-state index contributed by atoms with van der Waals surface area (Å²) in [4.78, 5) is 2.88. The highest BCUT2D eigenvalue weighted by molar-refractivity contribution is 5.02. The molecular weight excluding hydrogens is 244 g/mol. The average molecular weight is 280 g/mol. The second kappa shape index (κ2) is 6.79. The predicted octanol–water partition coefficient (Wildman–Crippen LogP) is 4.20. The minimum Gasteiger partial charge on any atom is -0.310 e. The SMILES string of the molecule is CCCCCN1CC(C(C)(C)C)NCC12CCCCC2. The first-order valence-corrected chi connectivity index (χ1v) is 8.96. The molecule has 118 valence electrons. The van der Waals surface area contributed by atoms with E-state index in [1.807, 2.05) is 0 Å². The highest BCUT2D eigenvalue weighted by atomic mass is 15.3. The molecule has 0 radical (unpaired) electrons. The number of rotatable bonds is 4. The van der Waals surface area contributed by atoms with Crippen LogP contribution in [0, 0.1) is 5.41 Å². The van der Waals surface area contributed by atoms with E-state index in [2.05, 4.69) is 37.9 Å². The van der Waals surface area contributed by atoms with Gasteiger partial charge in [-0.25, -0.2) is 0 Å². The summed E-state index contributed by atoms with van der Waals surface area (Å²) in [5, 5.41) is 3.90. The van der Waals surface area contributed by atoms with Crippen LogP contribution in [-0.4, -0.2) is 36.1 Å². The fourth-order valence-corrected chi connectivity index (χ4v) is 4.07. The molecular formula is C18H36N2. The van der Waals surface area contributed by atoms with Gasteiger partial charge in [0.05, 0.1) is 0 Å². The van der Waals surface area contributed by atoms with E-state index in [4.69, 9.17) is 0 Å². The van der Waals surface area contributed by atoms with Gasteiger partial charge in [-0.2, -0.15) is 0 Å². The van der Waals surface area contributed by atoms with E-state index in [1.54, 1.807) is 0 Å². The minimum atomic E-state index is 0.374. The largest absolute Gasteiger partial charge is 0.310 e. The first-order valence-electron chi connectivity index (χ1n) is 8.96. The molecule has 0 aromatic carbocycles. The van der Waals surface area contributed by atoms with E-state index >= 15 is 0 Å². The molecule has 1 unspecified atom stereocenters. The molecule has 2 fully saturated rings. The van der Waals surface area contributed by atoms with Crippen LogP contribution in [0.4, 0.5) is 0 Å². The van der Waals surface area contributed by atoms with Crippen LogP contribution in [0.15, 0.2) is 0 Å². The molecule has 1 saturated heterocycles. The third-order valence-electron chi connectivity index (χ3n) is 5.61. The maximum absolute atomic E-state index is 3.90. The first-order chi connectivity index (χ1) is 9.48. The Morgan fingerprint density at radius 1 is 1.10 bits per heavy atom. The Morgan fingerprint density at radius 2 is 1.80 bits per heavy atom. The van der Waals surface area contributed by atoms with Crippen molar-refractivity contribution < 1.29 is 0 Å². The van der Waals surface area contributed by atoms with E-state index < -0.39 is 0 Å². The Balaban J connectivity index is 2.03. The Bertz CT molecular complexity index is 286. The number of hydrogen-bond donors (Lipinski definition) is 1. The maximum Gasteiger partial charge on any atom is 0.0334 e. The number of unbranched alkanes of at least 4 members (excludes halogenated alkanes) is 2. The van der Waals surface area contributed by atoms with Gasteiger partial charge in [-0.15, -0.1) is 0 Å². The van der Waals surface area contributed by atoms with Crippen molar-refractivity contribution in [2.75, 3.05) is 19.6 Å². The van der Waals surface area contributed by atoms with Crippen LogP contribution >= 0.6 is 0 Å².